The number of carbonyl (C=O) groups is 4. The number of thioether (sulfide) groups is 1. The Hall–Kier alpha value is -3.21. The summed E-state index contributed by atoms with van der Waals surface area (Å²) in [5, 5.41) is 14.9. The van der Waals surface area contributed by atoms with Crippen molar-refractivity contribution in [2.45, 2.75) is 70.2 Å². The Morgan fingerprint density at radius 1 is 1.06 bits per heavy atom. The average Bonchev–Trinajstić information content (AvgIpc) is 2.73. The molecule has 2 aliphatic rings. The summed E-state index contributed by atoms with van der Waals surface area (Å²) in [5.41, 5.74) is -1.30. The van der Waals surface area contributed by atoms with Crippen LogP contribution in [0, 0.1) is 0 Å². The largest absolute Gasteiger partial charge is 0.509 e. The van der Waals surface area contributed by atoms with Gasteiger partial charge in [0.15, 0.2) is 5.70 Å². The number of alkyl carbamates (subject to hydrolysis) is 1. The molecule has 3 atom stereocenters. The number of rotatable bonds is 5. The molecular weight excluding hydrogens is 474 g/mol. The van der Waals surface area contributed by atoms with Crippen LogP contribution in [0.3, 0.4) is 0 Å². The summed E-state index contributed by atoms with van der Waals surface area (Å²) in [4.78, 5) is 52.3. The summed E-state index contributed by atoms with van der Waals surface area (Å²) in [7, 11) is 0. The summed E-state index contributed by atoms with van der Waals surface area (Å²) in [5.74, 6) is -2.17. The van der Waals surface area contributed by atoms with E-state index in [0.717, 1.165) is 4.90 Å². The van der Waals surface area contributed by atoms with Crippen molar-refractivity contribution in [2.24, 2.45) is 0 Å². The van der Waals surface area contributed by atoms with Gasteiger partial charge in [-0.25, -0.2) is 9.59 Å². The number of carbonyl (C=O) groups excluding carboxylic acids is 4. The molecule has 1 saturated heterocycles. The molecule has 3 rings (SSSR count). The van der Waals surface area contributed by atoms with Gasteiger partial charge >= 0.3 is 12.1 Å². The van der Waals surface area contributed by atoms with Crippen molar-refractivity contribution in [1.82, 2.24) is 15.5 Å². The molecule has 0 saturated carbocycles. The lowest BCUT2D eigenvalue weighted by Gasteiger charge is -2.49. The molecule has 190 valence electrons. The highest BCUT2D eigenvalue weighted by Gasteiger charge is 2.55. The van der Waals surface area contributed by atoms with Crippen molar-refractivity contribution < 1.29 is 33.8 Å². The van der Waals surface area contributed by atoms with Gasteiger partial charge < -0.3 is 25.2 Å². The molecule has 35 heavy (non-hydrogen) atoms. The second-order valence-electron chi connectivity index (χ2n) is 10.2. The molecule has 11 heteroatoms. The van der Waals surface area contributed by atoms with Crippen molar-refractivity contribution in [2.75, 3.05) is 5.75 Å². The van der Waals surface area contributed by atoms with Gasteiger partial charge in [-0.1, -0.05) is 30.3 Å². The highest BCUT2D eigenvalue weighted by atomic mass is 32.2. The van der Waals surface area contributed by atoms with Crippen molar-refractivity contribution in [1.29, 1.82) is 0 Å². The Labute approximate surface area is 208 Å². The maximum absolute atomic E-state index is 13.2. The maximum Gasteiger partial charge on any atom is 0.408 e. The van der Waals surface area contributed by atoms with Gasteiger partial charge in [0.25, 0.3) is 5.91 Å². The summed E-state index contributed by atoms with van der Waals surface area (Å²) < 4.78 is 10.6. The zero-order chi connectivity index (χ0) is 26.1. The minimum absolute atomic E-state index is 0.0770. The molecular formula is C24H31N3O7S. The highest BCUT2D eigenvalue weighted by Crippen LogP contribution is 2.40. The van der Waals surface area contributed by atoms with Crippen molar-refractivity contribution >= 4 is 35.6 Å². The third-order valence-electron chi connectivity index (χ3n) is 4.89. The van der Waals surface area contributed by atoms with Crippen LogP contribution in [-0.2, 0) is 23.9 Å². The van der Waals surface area contributed by atoms with E-state index >= 15 is 0 Å². The Morgan fingerprint density at radius 3 is 2.23 bits per heavy atom. The molecule has 0 bridgehead atoms. The Morgan fingerprint density at radius 2 is 1.66 bits per heavy atom. The number of aliphatic hydroxyl groups excluding tert-OH is 1. The van der Waals surface area contributed by atoms with E-state index in [4.69, 9.17) is 9.47 Å². The number of amides is 3. The predicted octanol–water partition coefficient (Wildman–Crippen LogP) is 2.76. The predicted molar refractivity (Wildman–Crippen MR) is 129 cm³/mol. The molecule has 0 spiro atoms. The Balaban J connectivity index is 1.76. The minimum atomic E-state index is -1.12. The highest BCUT2D eigenvalue weighted by molar-refractivity contribution is 8.00. The molecule has 1 fully saturated rings. The minimum Gasteiger partial charge on any atom is -0.509 e. The quantitative estimate of drug-likeness (QED) is 0.411. The molecule has 3 N–H and O–H groups in total. The molecule has 2 aliphatic heterocycles. The van der Waals surface area contributed by atoms with Gasteiger partial charge in [-0.3, -0.25) is 14.5 Å². The SMILES string of the molecule is CC(C)(C)OC(=O)NC(C(=O)NC1C(=O)N2C(C(=O)OC(C)(C)C)=C(O)CS[C@@H]12)c1ccccc1. The molecule has 0 radical (unpaired) electrons. The number of esters is 1. The molecule has 1 aromatic rings. The summed E-state index contributed by atoms with van der Waals surface area (Å²) in [6.45, 7) is 10.2. The number of fused-ring (bicyclic) bond motifs is 1. The molecule has 10 nitrogen and oxygen atoms in total. The number of benzene rings is 1. The molecule has 0 aliphatic carbocycles. The second-order valence-corrected chi connectivity index (χ2v) is 11.3. The summed E-state index contributed by atoms with van der Waals surface area (Å²) in [6, 6.07) is 6.50. The van der Waals surface area contributed by atoms with Crippen LogP contribution in [0.5, 0.6) is 0 Å². The fourth-order valence-corrected chi connectivity index (χ4v) is 4.73. The van der Waals surface area contributed by atoms with Gasteiger partial charge in [0.05, 0.1) is 5.75 Å². The van der Waals surface area contributed by atoms with Gasteiger partial charge in [0.1, 0.15) is 34.4 Å². The first-order valence-corrected chi connectivity index (χ1v) is 12.2. The molecule has 0 aromatic heterocycles. The van der Waals surface area contributed by atoms with Crippen molar-refractivity contribution in [3.05, 3.63) is 47.4 Å². The standard InChI is InChI=1S/C24H31N3O7S/c1-23(2,3)33-21(31)17-14(28)12-35-20-16(19(30)27(17)20)25-18(29)15(13-10-8-7-9-11-13)26-22(32)34-24(4,5)6/h7-11,15-16,20,28H,12H2,1-6H3,(H,25,29)(H,26,32)/t15?,16?,20-/m0/s1. The van der Waals surface area contributed by atoms with E-state index in [0.29, 0.717) is 5.56 Å². The fraction of sp³-hybridized carbons (Fsp3) is 0.500. The molecule has 2 heterocycles. The van der Waals surface area contributed by atoms with E-state index < -0.39 is 52.5 Å². The fourth-order valence-electron chi connectivity index (χ4n) is 3.53. The lowest BCUT2D eigenvalue weighted by molar-refractivity contribution is -0.159. The lowest BCUT2D eigenvalue weighted by Crippen LogP contribution is -2.71. The number of aliphatic hydroxyl groups is 1. The summed E-state index contributed by atoms with van der Waals surface area (Å²) in [6.07, 6.45) is -0.782. The van der Waals surface area contributed by atoms with Gasteiger partial charge in [-0.05, 0) is 47.1 Å². The molecule has 2 unspecified atom stereocenters. The lowest BCUT2D eigenvalue weighted by atomic mass is 10.0. The molecule has 3 amide bonds. The number of hydrogen-bond donors (Lipinski definition) is 3. The van der Waals surface area contributed by atoms with Crippen LogP contribution < -0.4 is 10.6 Å². The Kier molecular flexibility index (Phi) is 7.39. The van der Waals surface area contributed by atoms with E-state index in [2.05, 4.69) is 10.6 Å². The topological polar surface area (TPSA) is 134 Å². The number of hydrogen-bond acceptors (Lipinski definition) is 8. The third-order valence-corrected chi connectivity index (χ3v) is 6.16. The van der Waals surface area contributed by atoms with Crippen LogP contribution in [0.4, 0.5) is 4.79 Å². The van der Waals surface area contributed by atoms with Crippen LogP contribution in [0.1, 0.15) is 53.1 Å². The van der Waals surface area contributed by atoms with Crippen LogP contribution in [0.2, 0.25) is 0 Å². The number of ether oxygens (including phenoxy) is 2. The number of β-lactam (4-membered cyclic amide) rings is 1. The van der Waals surface area contributed by atoms with E-state index in [9.17, 15) is 24.3 Å². The number of nitrogens with one attached hydrogen (secondary N) is 2. The second kappa shape index (κ2) is 9.80. The first-order valence-electron chi connectivity index (χ1n) is 11.1. The molecule has 1 aromatic carbocycles. The van der Waals surface area contributed by atoms with Crippen LogP contribution in [0.15, 0.2) is 41.8 Å². The van der Waals surface area contributed by atoms with Gasteiger partial charge in [0, 0.05) is 0 Å². The van der Waals surface area contributed by atoms with Gasteiger partial charge in [-0.15, -0.1) is 11.8 Å². The van der Waals surface area contributed by atoms with E-state index in [1.54, 1.807) is 71.9 Å². The monoisotopic (exact) mass is 505 g/mol. The van der Waals surface area contributed by atoms with E-state index in [1.165, 1.54) is 11.8 Å². The van der Waals surface area contributed by atoms with Crippen LogP contribution >= 0.6 is 11.8 Å². The average molecular weight is 506 g/mol. The Bertz CT molecular complexity index is 1040. The normalized spacial score (nSPS) is 20.9. The van der Waals surface area contributed by atoms with Gasteiger partial charge in [0.2, 0.25) is 5.91 Å². The summed E-state index contributed by atoms with van der Waals surface area (Å²) >= 11 is 1.21. The first-order chi connectivity index (χ1) is 16.2. The maximum atomic E-state index is 13.2. The van der Waals surface area contributed by atoms with E-state index in [1.807, 2.05) is 0 Å². The van der Waals surface area contributed by atoms with Crippen LogP contribution in [0.25, 0.3) is 0 Å². The van der Waals surface area contributed by atoms with Crippen molar-refractivity contribution in [3.63, 3.8) is 0 Å². The smallest absolute Gasteiger partial charge is 0.408 e. The first kappa shape index (κ1) is 26.4. The van der Waals surface area contributed by atoms with Crippen molar-refractivity contribution in [3.8, 4) is 0 Å². The van der Waals surface area contributed by atoms with Gasteiger partial charge in [-0.2, -0.15) is 0 Å². The van der Waals surface area contributed by atoms with Crippen LogP contribution in [-0.4, -0.2) is 62.3 Å². The van der Waals surface area contributed by atoms with E-state index in [-0.39, 0.29) is 17.2 Å². The zero-order valence-electron chi connectivity index (χ0n) is 20.6. The number of nitrogens with zero attached hydrogens (tertiary/aromatic N) is 1. The third kappa shape index (κ3) is 6.27. The zero-order valence-corrected chi connectivity index (χ0v) is 21.4.